The molecule has 4 rings (SSSR count). The molecule has 0 saturated heterocycles. The average molecular weight is 356 g/mol. The molecule has 0 fully saturated rings. The van der Waals surface area contributed by atoms with E-state index >= 15 is 0 Å². The molecule has 0 aliphatic heterocycles. The van der Waals surface area contributed by atoms with Crippen molar-refractivity contribution in [2.45, 2.75) is 19.3 Å². The summed E-state index contributed by atoms with van der Waals surface area (Å²) >= 11 is 0. The smallest absolute Gasteiger partial charge is 0.145 e. The van der Waals surface area contributed by atoms with E-state index in [1.54, 1.807) is 18.3 Å². The van der Waals surface area contributed by atoms with E-state index in [1.165, 1.54) is 0 Å². The van der Waals surface area contributed by atoms with Crippen molar-refractivity contribution in [1.82, 2.24) is 9.97 Å². The SMILES string of the molecule is Cc1ccc2ccc(C(Cc3ccccn3)c3ccc(O)cc3)c(O)c2n1. The Bertz CT molecular complexity index is 1080. The van der Waals surface area contributed by atoms with Crippen molar-refractivity contribution in [3.05, 3.63) is 95.4 Å². The monoisotopic (exact) mass is 356 g/mol. The summed E-state index contributed by atoms with van der Waals surface area (Å²) in [5.41, 5.74) is 4.21. The molecular formula is C23H20N2O2. The number of phenols is 2. The summed E-state index contributed by atoms with van der Waals surface area (Å²) in [6.45, 7) is 1.91. The third-order valence-corrected chi connectivity index (χ3v) is 4.82. The molecular weight excluding hydrogens is 336 g/mol. The van der Waals surface area contributed by atoms with Crippen molar-refractivity contribution in [3.63, 3.8) is 0 Å². The Morgan fingerprint density at radius 2 is 1.67 bits per heavy atom. The second-order valence-electron chi connectivity index (χ2n) is 6.70. The molecule has 0 saturated carbocycles. The zero-order chi connectivity index (χ0) is 18.8. The number of hydrogen-bond acceptors (Lipinski definition) is 4. The van der Waals surface area contributed by atoms with Crippen molar-refractivity contribution in [2.24, 2.45) is 0 Å². The third-order valence-electron chi connectivity index (χ3n) is 4.82. The Balaban J connectivity index is 1.86. The maximum Gasteiger partial charge on any atom is 0.145 e. The van der Waals surface area contributed by atoms with Gasteiger partial charge in [-0.3, -0.25) is 4.98 Å². The van der Waals surface area contributed by atoms with Gasteiger partial charge in [-0.15, -0.1) is 0 Å². The van der Waals surface area contributed by atoms with Crippen molar-refractivity contribution in [1.29, 1.82) is 0 Å². The van der Waals surface area contributed by atoms with E-state index in [-0.39, 0.29) is 17.4 Å². The van der Waals surface area contributed by atoms with Crippen LogP contribution in [0.25, 0.3) is 10.9 Å². The standard InChI is InChI=1S/C23H20N2O2/c1-15-5-6-17-9-12-20(23(27)22(17)25-15)21(14-18-4-2-3-13-24-18)16-7-10-19(26)11-8-16/h2-13,21,26-27H,14H2,1H3. The molecule has 0 radical (unpaired) electrons. The first kappa shape index (κ1) is 17.0. The van der Waals surface area contributed by atoms with Gasteiger partial charge in [0.25, 0.3) is 0 Å². The molecule has 4 aromatic rings. The fraction of sp³-hybridized carbons (Fsp3) is 0.130. The minimum absolute atomic E-state index is 0.104. The average Bonchev–Trinajstić information content (AvgIpc) is 2.69. The van der Waals surface area contributed by atoms with E-state index in [2.05, 4.69) is 9.97 Å². The topological polar surface area (TPSA) is 66.2 Å². The van der Waals surface area contributed by atoms with Gasteiger partial charge in [0.2, 0.25) is 0 Å². The summed E-state index contributed by atoms with van der Waals surface area (Å²) < 4.78 is 0. The van der Waals surface area contributed by atoms with E-state index < -0.39 is 0 Å². The summed E-state index contributed by atoms with van der Waals surface area (Å²) in [6.07, 6.45) is 2.41. The number of nitrogens with zero attached hydrogens (tertiary/aromatic N) is 2. The second-order valence-corrected chi connectivity index (χ2v) is 6.70. The van der Waals surface area contributed by atoms with Crippen molar-refractivity contribution < 1.29 is 10.2 Å². The van der Waals surface area contributed by atoms with Crippen LogP contribution in [0.1, 0.15) is 28.4 Å². The third kappa shape index (κ3) is 3.47. The highest BCUT2D eigenvalue weighted by Gasteiger charge is 2.21. The van der Waals surface area contributed by atoms with Crippen LogP contribution < -0.4 is 0 Å². The first-order valence-corrected chi connectivity index (χ1v) is 8.90. The molecule has 2 N–H and O–H groups in total. The molecule has 1 atom stereocenters. The van der Waals surface area contributed by atoms with Gasteiger partial charge in [0.15, 0.2) is 0 Å². The quantitative estimate of drug-likeness (QED) is 0.555. The number of aryl methyl sites for hydroxylation is 1. The number of fused-ring (bicyclic) bond motifs is 1. The highest BCUT2D eigenvalue weighted by molar-refractivity contribution is 5.86. The normalized spacial score (nSPS) is 12.2. The van der Waals surface area contributed by atoms with Crippen LogP contribution in [0, 0.1) is 6.92 Å². The first-order valence-electron chi connectivity index (χ1n) is 8.90. The summed E-state index contributed by atoms with van der Waals surface area (Å²) in [4.78, 5) is 8.97. The number of rotatable bonds is 4. The minimum Gasteiger partial charge on any atom is -0.508 e. The largest absolute Gasteiger partial charge is 0.508 e. The fourth-order valence-electron chi connectivity index (χ4n) is 3.41. The molecule has 2 aromatic carbocycles. The van der Waals surface area contributed by atoms with E-state index in [0.717, 1.165) is 27.9 Å². The lowest BCUT2D eigenvalue weighted by Gasteiger charge is -2.20. The van der Waals surface area contributed by atoms with Gasteiger partial charge in [-0.2, -0.15) is 0 Å². The fourth-order valence-corrected chi connectivity index (χ4v) is 3.41. The zero-order valence-corrected chi connectivity index (χ0v) is 15.0. The molecule has 0 aliphatic carbocycles. The molecule has 4 nitrogen and oxygen atoms in total. The summed E-state index contributed by atoms with van der Waals surface area (Å²) in [5, 5.41) is 21.6. The van der Waals surface area contributed by atoms with Gasteiger partial charge in [0.1, 0.15) is 17.0 Å². The highest BCUT2D eigenvalue weighted by atomic mass is 16.3. The maximum absolute atomic E-state index is 11.0. The van der Waals surface area contributed by atoms with Crippen LogP contribution in [0.15, 0.2) is 72.9 Å². The van der Waals surface area contributed by atoms with Gasteiger partial charge in [0.05, 0.1) is 0 Å². The van der Waals surface area contributed by atoms with Crippen LogP contribution in [-0.4, -0.2) is 20.2 Å². The van der Waals surface area contributed by atoms with Gasteiger partial charge >= 0.3 is 0 Å². The van der Waals surface area contributed by atoms with Crippen LogP contribution in [0.5, 0.6) is 11.5 Å². The van der Waals surface area contributed by atoms with Crippen LogP contribution in [-0.2, 0) is 6.42 Å². The van der Waals surface area contributed by atoms with Crippen LogP contribution in [0.4, 0.5) is 0 Å². The Kier molecular flexibility index (Phi) is 4.47. The predicted octanol–water partition coefficient (Wildman–Crippen LogP) is 4.72. The molecule has 0 aliphatic rings. The molecule has 27 heavy (non-hydrogen) atoms. The first-order chi connectivity index (χ1) is 13.1. The van der Waals surface area contributed by atoms with Crippen LogP contribution in [0.2, 0.25) is 0 Å². The summed E-state index contributed by atoms with van der Waals surface area (Å²) in [5.74, 6) is 0.313. The van der Waals surface area contributed by atoms with Gasteiger partial charge in [-0.05, 0) is 42.8 Å². The van der Waals surface area contributed by atoms with Crippen LogP contribution >= 0.6 is 0 Å². The van der Waals surface area contributed by atoms with E-state index in [0.29, 0.717) is 11.9 Å². The van der Waals surface area contributed by atoms with E-state index in [9.17, 15) is 10.2 Å². The number of pyridine rings is 2. The highest BCUT2D eigenvalue weighted by Crippen LogP contribution is 2.38. The number of aromatic hydroxyl groups is 2. The summed E-state index contributed by atoms with van der Waals surface area (Å²) in [6, 6.07) is 20.8. The molecule has 2 aromatic heterocycles. The number of benzene rings is 2. The predicted molar refractivity (Wildman–Crippen MR) is 106 cm³/mol. The van der Waals surface area contributed by atoms with Gasteiger partial charge < -0.3 is 10.2 Å². The molecule has 0 spiro atoms. The van der Waals surface area contributed by atoms with Gasteiger partial charge in [-0.25, -0.2) is 4.98 Å². The van der Waals surface area contributed by atoms with Crippen LogP contribution in [0.3, 0.4) is 0 Å². The molecule has 1 unspecified atom stereocenters. The van der Waals surface area contributed by atoms with E-state index in [1.807, 2.05) is 61.5 Å². The lowest BCUT2D eigenvalue weighted by molar-refractivity contribution is 0.468. The van der Waals surface area contributed by atoms with Crippen molar-refractivity contribution in [2.75, 3.05) is 0 Å². The van der Waals surface area contributed by atoms with E-state index in [4.69, 9.17) is 0 Å². The molecule has 2 heterocycles. The zero-order valence-electron chi connectivity index (χ0n) is 15.0. The van der Waals surface area contributed by atoms with Crippen molar-refractivity contribution in [3.8, 4) is 11.5 Å². The molecule has 0 bridgehead atoms. The molecule has 4 heteroatoms. The second kappa shape index (κ2) is 7.08. The summed E-state index contributed by atoms with van der Waals surface area (Å²) in [7, 11) is 0. The lowest BCUT2D eigenvalue weighted by Crippen LogP contribution is -2.07. The van der Waals surface area contributed by atoms with Gasteiger partial charge in [-0.1, -0.05) is 36.4 Å². The molecule has 134 valence electrons. The Hall–Kier alpha value is -3.40. The number of hydrogen-bond donors (Lipinski definition) is 2. The van der Waals surface area contributed by atoms with Crippen molar-refractivity contribution >= 4 is 10.9 Å². The van der Waals surface area contributed by atoms with Gasteiger partial charge in [0, 0.05) is 40.9 Å². The molecule has 0 amide bonds. The Morgan fingerprint density at radius 3 is 2.41 bits per heavy atom. The Labute approximate surface area is 157 Å². The number of aromatic nitrogens is 2. The maximum atomic E-state index is 11.0. The lowest BCUT2D eigenvalue weighted by atomic mass is 9.86. The minimum atomic E-state index is -0.104. The Morgan fingerprint density at radius 1 is 0.889 bits per heavy atom. The number of phenolic OH excluding ortho intramolecular Hbond substituents is 2.